The highest BCUT2D eigenvalue weighted by Gasteiger charge is 2.21. The molecule has 1 aromatic rings. The van der Waals surface area contributed by atoms with Crippen molar-refractivity contribution in [1.29, 1.82) is 0 Å². The topological polar surface area (TPSA) is 65.2 Å². The first-order valence-corrected chi connectivity index (χ1v) is 4.55. The molecule has 6 heteroatoms. The maximum absolute atomic E-state index is 12.6. The Bertz CT molecular complexity index is 348. The monoisotopic (exact) mass is 210 g/mol. The van der Waals surface area contributed by atoms with Crippen LogP contribution in [0.1, 0.15) is 0 Å². The molecule has 15 heavy (non-hydrogen) atoms. The number of carbonyl (C=O) groups excluding carboxylic acids is 1. The van der Waals surface area contributed by atoms with Crippen molar-refractivity contribution in [2.24, 2.45) is 0 Å². The Kier molecular flexibility index (Phi) is 2.91. The van der Waals surface area contributed by atoms with Crippen molar-refractivity contribution in [2.75, 3.05) is 11.9 Å². The number of hydrogen-bond donors (Lipinski definition) is 4. The van der Waals surface area contributed by atoms with Crippen LogP contribution in [0.25, 0.3) is 0 Å². The molecule has 1 aromatic carbocycles. The van der Waals surface area contributed by atoms with Crippen LogP contribution in [0.5, 0.6) is 0 Å². The molecule has 1 unspecified atom stereocenters. The van der Waals surface area contributed by atoms with E-state index in [2.05, 4.69) is 21.7 Å². The molecular formula is C9H11FN4O. The highest BCUT2D eigenvalue weighted by Crippen LogP contribution is 2.08. The fourth-order valence-electron chi connectivity index (χ4n) is 1.26. The summed E-state index contributed by atoms with van der Waals surface area (Å²) in [7, 11) is 0. The van der Waals surface area contributed by atoms with Crippen LogP contribution in [-0.2, 0) is 4.79 Å². The summed E-state index contributed by atoms with van der Waals surface area (Å²) in [6, 6.07) is 5.31. The molecule has 1 heterocycles. The lowest BCUT2D eigenvalue weighted by atomic mass is 10.2. The first-order valence-electron chi connectivity index (χ1n) is 4.55. The number of rotatable bonds is 2. The zero-order chi connectivity index (χ0) is 10.7. The van der Waals surface area contributed by atoms with Gasteiger partial charge in [-0.3, -0.25) is 4.79 Å². The minimum atomic E-state index is -0.324. The van der Waals surface area contributed by atoms with Crippen LogP contribution in [0, 0.1) is 5.82 Å². The van der Waals surface area contributed by atoms with Crippen molar-refractivity contribution >= 4 is 11.6 Å². The van der Waals surface area contributed by atoms with Crippen molar-refractivity contribution in [1.82, 2.24) is 16.4 Å². The van der Waals surface area contributed by atoms with Gasteiger partial charge in [-0.05, 0) is 24.3 Å². The van der Waals surface area contributed by atoms with Gasteiger partial charge in [0.1, 0.15) is 11.9 Å². The minimum Gasteiger partial charge on any atom is -0.325 e. The maximum Gasteiger partial charge on any atom is 0.244 e. The molecule has 2 rings (SSSR count). The normalized spacial score (nSPS) is 20.2. The van der Waals surface area contributed by atoms with Gasteiger partial charge < -0.3 is 5.32 Å². The van der Waals surface area contributed by atoms with E-state index >= 15 is 0 Å². The third-order valence-electron chi connectivity index (χ3n) is 2.07. The molecule has 1 fully saturated rings. The Hall–Kier alpha value is -1.50. The number of anilines is 1. The van der Waals surface area contributed by atoms with E-state index in [-0.39, 0.29) is 17.8 Å². The molecule has 1 saturated heterocycles. The first kappa shape index (κ1) is 10.0. The predicted octanol–water partition coefficient (Wildman–Crippen LogP) is -0.255. The third-order valence-corrected chi connectivity index (χ3v) is 2.07. The van der Waals surface area contributed by atoms with E-state index in [4.69, 9.17) is 0 Å². The summed E-state index contributed by atoms with van der Waals surface area (Å²) in [4.78, 5) is 11.6. The number of hydrazine groups is 2. The van der Waals surface area contributed by atoms with Crippen LogP contribution in [0.3, 0.4) is 0 Å². The molecule has 80 valence electrons. The first-order chi connectivity index (χ1) is 7.25. The van der Waals surface area contributed by atoms with Crippen LogP contribution >= 0.6 is 0 Å². The lowest BCUT2D eigenvalue weighted by Gasteiger charge is -2.09. The molecule has 1 aliphatic heterocycles. The fourth-order valence-corrected chi connectivity index (χ4v) is 1.26. The van der Waals surface area contributed by atoms with E-state index < -0.39 is 0 Å². The standard InChI is InChI=1S/C9H11FN4O/c10-6-1-3-7(4-2-6)12-9(15)8-5-11-14-13-8/h1-4,8,11,13-14H,5H2,(H,12,15). The average molecular weight is 210 g/mol. The Morgan fingerprint density at radius 2 is 2.13 bits per heavy atom. The van der Waals surface area contributed by atoms with Gasteiger partial charge in [-0.1, -0.05) is 0 Å². The number of amides is 1. The molecule has 4 N–H and O–H groups in total. The molecule has 0 aliphatic carbocycles. The van der Waals surface area contributed by atoms with Crippen molar-refractivity contribution in [3.05, 3.63) is 30.1 Å². The van der Waals surface area contributed by atoms with Gasteiger partial charge in [-0.15, -0.1) is 0 Å². The number of nitrogens with one attached hydrogen (secondary N) is 4. The predicted molar refractivity (Wildman–Crippen MR) is 53.1 cm³/mol. The molecule has 0 aromatic heterocycles. The van der Waals surface area contributed by atoms with Crippen LogP contribution in [0.2, 0.25) is 0 Å². The van der Waals surface area contributed by atoms with Gasteiger partial charge in [0.05, 0.1) is 0 Å². The third kappa shape index (κ3) is 2.50. The van der Waals surface area contributed by atoms with Gasteiger partial charge in [-0.2, -0.15) is 5.53 Å². The lowest BCUT2D eigenvalue weighted by molar-refractivity contribution is -0.117. The van der Waals surface area contributed by atoms with E-state index in [9.17, 15) is 9.18 Å². The average Bonchev–Trinajstić information content (AvgIpc) is 2.74. The second-order valence-corrected chi connectivity index (χ2v) is 3.20. The number of hydrogen-bond acceptors (Lipinski definition) is 4. The van der Waals surface area contributed by atoms with Gasteiger partial charge >= 0.3 is 0 Å². The van der Waals surface area contributed by atoms with E-state index in [1.54, 1.807) is 0 Å². The molecular weight excluding hydrogens is 199 g/mol. The fraction of sp³-hybridized carbons (Fsp3) is 0.222. The zero-order valence-corrected chi connectivity index (χ0v) is 7.88. The van der Waals surface area contributed by atoms with Crippen LogP contribution < -0.4 is 21.7 Å². The second kappa shape index (κ2) is 4.35. The van der Waals surface area contributed by atoms with Gasteiger partial charge in [0, 0.05) is 12.2 Å². The van der Waals surface area contributed by atoms with Gasteiger partial charge in [0.2, 0.25) is 5.91 Å². The van der Waals surface area contributed by atoms with Crippen molar-refractivity contribution in [3.63, 3.8) is 0 Å². The molecule has 0 bridgehead atoms. The van der Waals surface area contributed by atoms with E-state index in [0.717, 1.165) is 0 Å². The quantitative estimate of drug-likeness (QED) is 0.543. The Morgan fingerprint density at radius 3 is 2.73 bits per heavy atom. The molecule has 1 aliphatic rings. The number of benzene rings is 1. The van der Waals surface area contributed by atoms with Crippen molar-refractivity contribution < 1.29 is 9.18 Å². The van der Waals surface area contributed by atoms with Crippen molar-refractivity contribution in [3.8, 4) is 0 Å². The van der Waals surface area contributed by atoms with E-state index in [1.165, 1.54) is 24.3 Å². The van der Waals surface area contributed by atoms with Crippen molar-refractivity contribution in [2.45, 2.75) is 6.04 Å². The summed E-state index contributed by atoms with van der Waals surface area (Å²) in [5.41, 5.74) is 8.71. The second-order valence-electron chi connectivity index (χ2n) is 3.20. The highest BCUT2D eigenvalue weighted by molar-refractivity contribution is 5.95. The highest BCUT2D eigenvalue weighted by atomic mass is 19.1. The number of halogens is 1. The molecule has 0 spiro atoms. The smallest absolute Gasteiger partial charge is 0.244 e. The lowest BCUT2D eigenvalue weighted by Crippen LogP contribution is -2.40. The van der Waals surface area contributed by atoms with Gasteiger partial charge in [0.15, 0.2) is 0 Å². The summed E-state index contributed by atoms with van der Waals surface area (Å²) in [6.45, 7) is 0.507. The molecule has 1 amide bonds. The van der Waals surface area contributed by atoms with Crippen LogP contribution in [-0.4, -0.2) is 18.5 Å². The largest absolute Gasteiger partial charge is 0.325 e. The summed E-state index contributed by atoms with van der Waals surface area (Å²) < 4.78 is 12.6. The minimum absolute atomic E-state index is 0.167. The Balaban J connectivity index is 1.96. The summed E-state index contributed by atoms with van der Waals surface area (Å²) in [5, 5.41) is 2.66. The summed E-state index contributed by atoms with van der Waals surface area (Å²) >= 11 is 0. The zero-order valence-electron chi connectivity index (χ0n) is 7.88. The molecule has 0 saturated carbocycles. The maximum atomic E-state index is 12.6. The summed E-state index contributed by atoms with van der Waals surface area (Å²) in [6.07, 6.45) is 0. The Morgan fingerprint density at radius 1 is 1.40 bits per heavy atom. The van der Waals surface area contributed by atoms with Gasteiger partial charge in [-0.25, -0.2) is 15.2 Å². The van der Waals surface area contributed by atoms with E-state index in [0.29, 0.717) is 12.2 Å². The summed E-state index contributed by atoms with van der Waals surface area (Å²) in [5.74, 6) is -0.491. The SMILES string of the molecule is O=C(Nc1ccc(F)cc1)C1CNNN1. The molecule has 5 nitrogen and oxygen atoms in total. The van der Waals surface area contributed by atoms with Crippen LogP contribution in [0.15, 0.2) is 24.3 Å². The molecule has 0 radical (unpaired) electrons. The Labute approximate surface area is 86.0 Å². The molecule has 1 atom stereocenters. The number of carbonyl (C=O) groups is 1. The van der Waals surface area contributed by atoms with E-state index in [1.807, 2.05) is 0 Å². The van der Waals surface area contributed by atoms with Gasteiger partial charge in [0.25, 0.3) is 0 Å². The van der Waals surface area contributed by atoms with Crippen LogP contribution in [0.4, 0.5) is 10.1 Å².